The molecule has 2 rings (SSSR count). The highest BCUT2D eigenvalue weighted by atomic mass is 79.9. The van der Waals surface area contributed by atoms with Crippen molar-refractivity contribution < 1.29 is 8.42 Å². The largest absolute Gasteiger partial charge is 0.252 e. The van der Waals surface area contributed by atoms with Gasteiger partial charge in [0.05, 0.1) is 8.81 Å². The number of thiophene rings is 1. The van der Waals surface area contributed by atoms with E-state index in [-0.39, 0.29) is 6.04 Å². The molecule has 0 aromatic carbocycles. The summed E-state index contributed by atoms with van der Waals surface area (Å²) in [5, 5.41) is 0.455. The van der Waals surface area contributed by atoms with E-state index < -0.39 is 10.0 Å². The summed E-state index contributed by atoms with van der Waals surface area (Å²) in [6, 6.07) is 1.57. The van der Waals surface area contributed by atoms with Gasteiger partial charge in [-0.3, -0.25) is 0 Å². The first-order valence-electron chi connectivity index (χ1n) is 5.80. The maximum Gasteiger partial charge on any atom is 0.252 e. The molecule has 0 spiro atoms. The smallest absolute Gasteiger partial charge is 0.206 e. The molecule has 1 aliphatic heterocycles. The maximum atomic E-state index is 12.6. The molecule has 1 aromatic heterocycles. The van der Waals surface area contributed by atoms with E-state index in [1.54, 1.807) is 4.31 Å². The molecule has 18 heavy (non-hydrogen) atoms. The molecular formula is C11H15BrClNO2S2. The van der Waals surface area contributed by atoms with Gasteiger partial charge >= 0.3 is 0 Å². The summed E-state index contributed by atoms with van der Waals surface area (Å²) in [4.78, 5) is 0. The second-order valence-electron chi connectivity index (χ2n) is 4.66. The lowest BCUT2D eigenvalue weighted by Gasteiger charge is -2.36. The second kappa shape index (κ2) is 5.40. The van der Waals surface area contributed by atoms with Crippen LogP contribution in [0, 0.1) is 5.92 Å². The fraction of sp³-hybridized carbons (Fsp3) is 0.636. The quantitative estimate of drug-likeness (QED) is 0.787. The van der Waals surface area contributed by atoms with Crippen molar-refractivity contribution in [1.29, 1.82) is 0 Å². The summed E-state index contributed by atoms with van der Waals surface area (Å²) in [7, 11) is -3.41. The molecule has 102 valence electrons. The summed E-state index contributed by atoms with van der Waals surface area (Å²) in [5.41, 5.74) is 0. The number of sulfonamides is 1. The van der Waals surface area contributed by atoms with Crippen molar-refractivity contribution in [2.24, 2.45) is 5.92 Å². The Balaban J connectivity index is 2.36. The van der Waals surface area contributed by atoms with Gasteiger partial charge in [0.1, 0.15) is 4.21 Å². The Labute approximate surface area is 125 Å². The van der Waals surface area contributed by atoms with Crippen molar-refractivity contribution in [2.75, 3.05) is 6.54 Å². The molecule has 0 N–H and O–H groups in total. The molecule has 1 saturated heterocycles. The highest BCUT2D eigenvalue weighted by Crippen LogP contribution is 2.38. The topological polar surface area (TPSA) is 37.4 Å². The summed E-state index contributed by atoms with van der Waals surface area (Å²) in [5.74, 6) is 0.396. The molecule has 1 fully saturated rings. The van der Waals surface area contributed by atoms with Crippen molar-refractivity contribution >= 4 is 48.9 Å². The molecule has 0 aliphatic carbocycles. The van der Waals surface area contributed by atoms with Crippen LogP contribution in [0.1, 0.15) is 26.7 Å². The normalized spacial score (nSPS) is 26.4. The van der Waals surface area contributed by atoms with E-state index in [4.69, 9.17) is 11.6 Å². The van der Waals surface area contributed by atoms with E-state index in [0.29, 0.717) is 25.5 Å². The van der Waals surface area contributed by atoms with E-state index in [2.05, 4.69) is 22.9 Å². The molecule has 0 radical (unpaired) electrons. The second-order valence-corrected chi connectivity index (χ2v) is 9.56. The third kappa shape index (κ3) is 2.63. The molecule has 1 aromatic rings. The molecule has 2 atom stereocenters. The number of piperidine rings is 1. The predicted molar refractivity (Wildman–Crippen MR) is 78.8 cm³/mol. The summed E-state index contributed by atoms with van der Waals surface area (Å²) >= 11 is 10.4. The van der Waals surface area contributed by atoms with Crippen molar-refractivity contribution in [3.05, 3.63) is 14.9 Å². The van der Waals surface area contributed by atoms with Crippen molar-refractivity contribution in [3.8, 4) is 0 Å². The molecule has 3 nitrogen and oxygen atoms in total. The van der Waals surface area contributed by atoms with Crippen LogP contribution in [0.25, 0.3) is 0 Å². The zero-order valence-corrected chi connectivity index (χ0v) is 14.2. The third-order valence-corrected chi connectivity index (χ3v) is 8.41. The lowest BCUT2D eigenvalue weighted by Crippen LogP contribution is -2.45. The van der Waals surface area contributed by atoms with Gasteiger partial charge in [-0.15, -0.1) is 11.3 Å². The zero-order chi connectivity index (χ0) is 13.5. The Morgan fingerprint density at radius 3 is 2.72 bits per heavy atom. The van der Waals surface area contributed by atoms with Gasteiger partial charge in [-0.05, 0) is 47.7 Å². The van der Waals surface area contributed by atoms with Crippen LogP contribution < -0.4 is 0 Å². The van der Waals surface area contributed by atoms with Gasteiger partial charge in [0.15, 0.2) is 0 Å². The minimum atomic E-state index is -3.41. The van der Waals surface area contributed by atoms with Crippen LogP contribution in [0.15, 0.2) is 14.1 Å². The van der Waals surface area contributed by atoms with Crippen LogP contribution in [0.5, 0.6) is 0 Å². The summed E-state index contributed by atoms with van der Waals surface area (Å²) in [6.45, 7) is 4.68. The number of hydrogen-bond donors (Lipinski definition) is 0. The predicted octanol–water partition coefficient (Wildman–Crippen LogP) is 3.97. The van der Waals surface area contributed by atoms with Crippen LogP contribution in [0.4, 0.5) is 0 Å². The van der Waals surface area contributed by atoms with Gasteiger partial charge in [-0.25, -0.2) is 8.42 Å². The molecule has 1 aliphatic rings. The summed E-state index contributed by atoms with van der Waals surface area (Å²) in [6.07, 6.45) is 2.01. The molecule has 0 bridgehead atoms. The Bertz CT molecular complexity index is 524. The lowest BCUT2D eigenvalue weighted by atomic mass is 9.94. The zero-order valence-electron chi connectivity index (χ0n) is 10.2. The van der Waals surface area contributed by atoms with Crippen LogP contribution in [-0.2, 0) is 10.0 Å². The van der Waals surface area contributed by atoms with Crippen molar-refractivity contribution in [2.45, 2.75) is 36.9 Å². The monoisotopic (exact) mass is 371 g/mol. The molecular weight excluding hydrogens is 358 g/mol. The molecule has 2 unspecified atom stereocenters. The summed E-state index contributed by atoms with van der Waals surface area (Å²) < 4.78 is 27.7. The minimum Gasteiger partial charge on any atom is -0.206 e. The fourth-order valence-corrected chi connectivity index (χ4v) is 6.50. The van der Waals surface area contributed by atoms with E-state index in [0.717, 1.165) is 12.8 Å². The van der Waals surface area contributed by atoms with Crippen LogP contribution in [0.2, 0.25) is 5.02 Å². The van der Waals surface area contributed by atoms with Crippen LogP contribution in [-0.4, -0.2) is 25.3 Å². The standard InChI is InChI=1S/C11H15BrClNO2S2/c1-7-4-3-5-14(8(7)2)18(15,16)10-6-9(13)11(12)17-10/h6-8H,3-5H2,1-2H3. The molecule has 0 amide bonds. The van der Waals surface area contributed by atoms with Crippen LogP contribution >= 0.6 is 38.9 Å². The first-order valence-corrected chi connectivity index (χ1v) is 9.23. The SMILES string of the molecule is CC1CCCN(S(=O)(=O)c2cc(Cl)c(Br)s2)C1C. The fourth-order valence-electron chi connectivity index (χ4n) is 2.21. The Hall–Kier alpha value is 0.380. The molecule has 0 saturated carbocycles. The van der Waals surface area contributed by atoms with E-state index in [1.165, 1.54) is 17.4 Å². The first-order chi connectivity index (χ1) is 8.34. The lowest BCUT2D eigenvalue weighted by molar-refractivity contribution is 0.202. The van der Waals surface area contributed by atoms with Crippen molar-refractivity contribution in [3.63, 3.8) is 0 Å². The number of rotatable bonds is 2. The Kier molecular flexibility index (Phi) is 4.44. The number of hydrogen-bond acceptors (Lipinski definition) is 3. The third-order valence-electron chi connectivity index (χ3n) is 3.50. The van der Waals surface area contributed by atoms with Crippen molar-refractivity contribution in [1.82, 2.24) is 4.31 Å². The van der Waals surface area contributed by atoms with E-state index in [9.17, 15) is 8.42 Å². The van der Waals surface area contributed by atoms with Gasteiger partial charge in [0.25, 0.3) is 10.0 Å². The average Bonchev–Trinajstić information content (AvgIpc) is 2.63. The maximum absolute atomic E-state index is 12.6. The van der Waals surface area contributed by atoms with Gasteiger partial charge in [-0.2, -0.15) is 4.31 Å². The first kappa shape index (κ1) is 14.8. The van der Waals surface area contributed by atoms with E-state index >= 15 is 0 Å². The van der Waals surface area contributed by atoms with Gasteiger partial charge < -0.3 is 0 Å². The average molecular weight is 373 g/mol. The highest BCUT2D eigenvalue weighted by molar-refractivity contribution is 9.11. The number of nitrogens with zero attached hydrogens (tertiary/aromatic N) is 1. The van der Waals surface area contributed by atoms with Crippen LogP contribution in [0.3, 0.4) is 0 Å². The molecule has 2 heterocycles. The van der Waals surface area contributed by atoms with Gasteiger partial charge in [-0.1, -0.05) is 18.5 Å². The molecule has 7 heteroatoms. The Morgan fingerprint density at radius 2 is 2.17 bits per heavy atom. The number of halogens is 2. The van der Waals surface area contributed by atoms with Gasteiger partial charge in [0, 0.05) is 12.6 Å². The van der Waals surface area contributed by atoms with Gasteiger partial charge in [0.2, 0.25) is 0 Å². The Morgan fingerprint density at radius 1 is 1.50 bits per heavy atom. The minimum absolute atomic E-state index is 0.0448. The highest BCUT2D eigenvalue weighted by Gasteiger charge is 2.35. The van der Waals surface area contributed by atoms with E-state index in [1.807, 2.05) is 6.92 Å².